The summed E-state index contributed by atoms with van der Waals surface area (Å²) in [6, 6.07) is 8.45. The first-order valence-electron chi connectivity index (χ1n) is 6.08. The highest BCUT2D eigenvalue weighted by Gasteiger charge is 2.10. The van der Waals surface area contributed by atoms with Crippen LogP contribution in [0, 0.1) is 6.92 Å². The SMILES string of the molecule is Cc1cc(OCC(=O)NNC(=O)c2ccco2)ccc1Br. The summed E-state index contributed by atoms with van der Waals surface area (Å²) < 4.78 is 11.2. The lowest BCUT2D eigenvalue weighted by molar-refractivity contribution is -0.123. The third-order valence-corrected chi connectivity index (χ3v) is 3.45. The van der Waals surface area contributed by atoms with Crippen LogP contribution in [0.25, 0.3) is 0 Å². The number of carbonyl (C=O) groups is 2. The minimum Gasteiger partial charge on any atom is -0.484 e. The van der Waals surface area contributed by atoms with E-state index in [1.54, 1.807) is 18.2 Å². The lowest BCUT2D eigenvalue weighted by Crippen LogP contribution is -2.43. The zero-order valence-electron chi connectivity index (χ0n) is 11.2. The summed E-state index contributed by atoms with van der Waals surface area (Å²) in [6.45, 7) is 1.71. The van der Waals surface area contributed by atoms with Crippen LogP contribution in [0.2, 0.25) is 0 Å². The van der Waals surface area contributed by atoms with E-state index in [4.69, 9.17) is 9.15 Å². The zero-order valence-corrected chi connectivity index (χ0v) is 12.8. The molecule has 2 rings (SSSR count). The van der Waals surface area contributed by atoms with E-state index >= 15 is 0 Å². The molecule has 2 aromatic rings. The number of halogens is 1. The highest BCUT2D eigenvalue weighted by molar-refractivity contribution is 9.10. The topological polar surface area (TPSA) is 80.6 Å². The van der Waals surface area contributed by atoms with Gasteiger partial charge in [0.15, 0.2) is 12.4 Å². The quantitative estimate of drug-likeness (QED) is 0.826. The molecule has 0 aliphatic rings. The fourth-order valence-electron chi connectivity index (χ4n) is 1.49. The average molecular weight is 353 g/mol. The second-order valence-corrected chi connectivity index (χ2v) is 5.03. The molecule has 0 spiro atoms. The van der Waals surface area contributed by atoms with Crippen LogP contribution >= 0.6 is 15.9 Å². The molecule has 0 aliphatic carbocycles. The van der Waals surface area contributed by atoms with Crippen LogP contribution in [0.5, 0.6) is 5.75 Å². The number of hydrogen-bond donors (Lipinski definition) is 2. The molecule has 0 saturated carbocycles. The Labute approximate surface area is 129 Å². The van der Waals surface area contributed by atoms with Gasteiger partial charge in [0.2, 0.25) is 0 Å². The van der Waals surface area contributed by atoms with Crippen LogP contribution in [0.4, 0.5) is 0 Å². The molecule has 0 bridgehead atoms. The number of furan rings is 1. The monoisotopic (exact) mass is 352 g/mol. The van der Waals surface area contributed by atoms with Crippen molar-refractivity contribution in [2.24, 2.45) is 0 Å². The minimum atomic E-state index is -0.534. The maximum Gasteiger partial charge on any atom is 0.305 e. The van der Waals surface area contributed by atoms with Gasteiger partial charge in [-0.15, -0.1) is 0 Å². The summed E-state index contributed by atoms with van der Waals surface area (Å²) in [5, 5.41) is 0. The third kappa shape index (κ3) is 4.35. The summed E-state index contributed by atoms with van der Waals surface area (Å²) in [5.74, 6) is -0.328. The Bertz CT molecular complexity index is 640. The van der Waals surface area contributed by atoms with Gasteiger partial charge < -0.3 is 9.15 Å². The van der Waals surface area contributed by atoms with Crippen molar-refractivity contribution in [1.29, 1.82) is 0 Å². The molecule has 21 heavy (non-hydrogen) atoms. The van der Waals surface area contributed by atoms with E-state index in [1.807, 2.05) is 13.0 Å². The van der Waals surface area contributed by atoms with E-state index in [2.05, 4.69) is 26.8 Å². The smallest absolute Gasteiger partial charge is 0.305 e. The molecule has 0 saturated heterocycles. The van der Waals surface area contributed by atoms with Gasteiger partial charge >= 0.3 is 5.91 Å². The van der Waals surface area contributed by atoms with Gasteiger partial charge in [0.1, 0.15) is 5.75 Å². The molecule has 0 aliphatic heterocycles. The molecule has 0 fully saturated rings. The minimum absolute atomic E-state index is 0.111. The molecular formula is C14H13BrN2O4. The highest BCUT2D eigenvalue weighted by Crippen LogP contribution is 2.21. The van der Waals surface area contributed by atoms with Crippen molar-refractivity contribution >= 4 is 27.7 Å². The molecule has 1 aromatic carbocycles. The van der Waals surface area contributed by atoms with Gasteiger partial charge in [-0.3, -0.25) is 20.4 Å². The lowest BCUT2D eigenvalue weighted by atomic mass is 10.2. The van der Waals surface area contributed by atoms with E-state index in [0.717, 1.165) is 10.0 Å². The third-order valence-electron chi connectivity index (χ3n) is 2.56. The van der Waals surface area contributed by atoms with Crippen molar-refractivity contribution in [2.75, 3.05) is 6.61 Å². The molecule has 0 radical (unpaired) electrons. The number of aryl methyl sites for hydroxylation is 1. The number of carbonyl (C=O) groups excluding carboxylic acids is 2. The van der Waals surface area contributed by atoms with Gasteiger partial charge in [-0.05, 0) is 42.8 Å². The second kappa shape index (κ2) is 6.94. The van der Waals surface area contributed by atoms with E-state index in [0.29, 0.717) is 5.75 Å². The molecule has 1 heterocycles. The molecule has 2 amide bonds. The number of nitrogens with one attached hydrogen (secondary N) is 2. The van der Waals surface area contributed by atoms with E-state index in [9.17, 15) is 9.59 Å². The predicted octanol–water partition coefficient (Wildman–Crippen LogP) is 2.19. The molecule has 7 heteroatoms. The molecule has 0 unspecified atom stereocenters. The summed E-state index contributed by atoms with van der Waals surface area (Å²) in [7, 11) is 0. The van der Waals surface area contributed by atoms with Crippen LogP contribution in [0.1, 0.15) is 16.1 Å². The number of hydrazine groups is 1. The van der Waals surface area contributed by atoms with Crippen LogP contribution in [-0.4, -0.2) is 18.4 Å². The summed E-state index contributed by atoms with van der Waals surface area (Å²) in [4.78, 5) is 23.1. The van der Waals surface area contributed by atoms with Crippen LogP contribution < -0.4 is 15.6 Å². The largest absolute Gasteiger partial charge is 0.484 e. The van der Waals surface area contributed by atoms with Gasteiger partial charge in [-0.25, -0.2) is 0 Å². The lowest BCUT2D eigenvalue weighted by Gasteiger charge is -2.09. The summed E-state index contributed by atoms with van der Waals surface area (Å²) in [5.41, 5.74) is 5.46. The van der Waals surface area contributed by atoms with Crippen molar-refractivity contribution < 1.29 is 18.7 Å². The molecule has 6 nitrogen and oxygen atoms in total. The summed E-state index contributed by atoms with van der Waals surface area (Å²) >= 11 is 3.38. The number of ether oxygens (including phenoxy) is 1. The van der Waals surface area contributed by atoms with Crippen LogP contribution in [0.15, 0.2) is 45.5 Å². The first kappa shape index (κ1) is 15.1. The Morgan fingerprint density at radius 1 is 1.29 bits per heavy atom. The Morgan fingerprint density at radius 3 is 2.76 bits per heavy atom. The molecule has 110 valence electrons. The first-order valence-corrected chi connectivity index (χ1v) is 6.87. The number of amides is 2. The van der Waals surface area contributed by atoms with Gasteiger partial charge in [0.25, 0.3) is 5.91 Å². The fourth-order valence-corrected chi connectivity index (χ4v) is 1.73. The van der Waals surface area contributed by atoms with Gasteiger partial charge in [-0.2, -0.15) is 0 Å². The molecular weight excluding hydrogens is 340 g/mol. The standard InChI is InChI=1S/C14H13BrN2O4/c1-9-7-10(4-5-11(9)15)21-8-13(18)16-17-14(19)12-3-2-6-20-12/h2-7H,8H2,1H3,(H,16,18)(H,17,19). The molecule has 2 N–H and O–H groups in total. The first-order chi connectivity index (χ1) is 10.1. The maximum absolute atomic E-state index is 11.6. The van der Waals surface area contributed by atoms with E-state index in [-0.39, 0.29) is 12.4 Å². The van der Waals surface area contributed by atoms with Crippen LogP contribution in [-0.2, 0) is 4.79 Å². The van der Waals surface area contributed by atoms with Crippen LogP contribution in [0.3, 0.4) is 0 Å². The van der Waals surface area contributed by atoms with Crippen molar-refractivity contribution in [3.63, 3.8) is 0 Å². The van der Waals surface area contributed by atoms with Gasteiger partial charge in [0, 0.05) is 4.47 Å². The Balaban J connectivity index is 1.77. The van der Waals surface area contributed by atoms with Crippen molar-refractivity contribution in [1.82, 2.24) is 10.9 Å². The number of hydrogen-bond acceptors (Lipinski definition) is 4. The Morgan fingerprint density at radius 2 is 2.10 bits per heavy atom. The number of rotatable bonds is 4. The van der Waals surface area contributed by atoms with Gasteiger partial charge in [0.05, 0.1) is 6.26 Å². The molecule has 0 atom stereocenters. The number of benzene rings is 1. The van der Waals surface area contributed by atoms with E-state index in [1.165, 1.54) is 12.3 Å². The van der Waals surface area contributed by atoms with Crippen molar-refractivity contribution in [3.05, 3.63) is 52.4 Å². The molecule has 1 aromatic heterocycles. The predicted molar refractivity (Wildman–Crippen MR) is 78.7 cm³/mol. The van der Waals surface area contributed by atoms with Crippen molar-refractivity contribution in [2.45, 2.75) is 6.92 Å². The maximum atomic E-state index is 11.6. The summed E-state index contributed by atoms with van der Waals surface area (Å²) in [6.07, 6.45) is 1.37. The Hall–Kier alpha value is -2.28. The Kier molecular flexibility index (Phi) is 4.99. The normalized spacial score (nSPS) is 10.0. The fraction of sp³-hybridized carbons (Fsp3) is 0.143. The second-order valence-electron chi connectivity index (χ2n) is 4.18. The van der Waals surface area contributed by atoms with Crippen molar-refractivity contribution in [3.8, 4) is 5.75 Å². The highest BCUT2D eigenvalue weighted by atomic mass is 79.9. The average Bonchev–Trinajstić information content (AvgIpc) is 3.00. The van der Waals surface area contributed by atoms with Gasteiger partial charge in [-0.1, -0.05) is 15.9 Å². The zero-order chi connectivity index (χ0) is 15.2. The van der Waals surface area contributed by atoms with E-state index < -0.39 is 11.8 Å².